The lowest BCUT2D eigenvalue weighted by Crippen LogP contribution is -2.33. The first-order chi connectivity index (χ1) is 7.97. The molecule has 0 aliphatic heterocycles. The first-order valence-corrected chi connectivity index (χ1v) is 4.62. The van der Waals surface area contributed by atoms with Gasteiger partial charge in [0.2, 0.25) is 0 Å². The SMILES string of the molecule is CON(C)C(=O)Cn1cccc([N+](=O)[O-])c1=O. The van der Waals surface area contributed by atoms with Gasteiger partial charge in [-0.2, -0.15) is 0 Å². The molecule has 1 aromatic rings. The van der Waals surface area contributed by atoms with Crippen molar-refractivity contribution in [2.24, 2.45) is 0 Å². The van der Waals surface area contributed by atoms with E-state index in [1.165, 1.54) is 26.4 Å². The molecule has 1 amide bonds. The van der Waals surface area contributed by atoms with E-state index in [9.17, 15) is 19.7 Å². The van der Waals surface area contributed by atoms with Crippen molar-refractivity contribution in [1.82, 2.24) is 9.63 Å². The van der Waals surface area contributed by atoms with Gasteiger partial charge in [-0.1, -0.05) is 0 Å². The fraction of sp³-hybridized carbons (Fsp3) is 0.333. The second-order valence-electron chi connectivity index (χ2n) is 3.16. The van der Waals surface area contributed by atoms with E-state index in [2.05, 4.69) is 4.84 Å². The lowest BCUT2D eigenvalue weighted by atomic mass is 10.4. The fourth-order valence-electron chi connectivity index (χ4n) is 1.13. The normalized spacial score (nSPS) is 10.0. The molecule has 0 spiro atoms. The Morgan fingerprint density at radius 1 is 1.65 bits per heavy atom. The summed E-state index contributed by atoms with van der Waals surface area (Å²) in [7, 11) is 2.68. The zero-order chi connectivity index (χ0) is 13.0. The predicted octanol–water partition coefficient (Wildman–Crippen LogP) is -0.224. The molecule has 1 rings (SSSR count). The van der Waals surface area contributed by atoms with Crippen LogP contribution in [0.3, 0.4) is 0 Å². The predicted molar refractivity (Wildman–Crippen MR) is 57.1 cm³/mol. The average molecular weight is 241 g/mol. The number of hydrogen-bond donors (Lipinski definition) is 0. The lowest BCUT2D eigenvalue weighted by Gasteiger charge is -2.13. The van der Waals surface area contributed by atoms with Gasteiger partial charge in [-0.25, -0.2) is 5.06 Å². The van der Waals surface area contributed by atoms with Gasteiger partial charge in [0.25, 0.3) is 5.91 Å². The van der Waals surface area contributed by atoms with Crippen molar-refractivity contribution in [2.45, 2.75) is 6.54 Å². The number of carbonyl (C=O) groups is 1. The number of nitrogens with zero attached hydrogens (tertiary/aromatic N) is 3. The van der Waals surface area contributed by atoms with Gasteiger partial charge in [0.15, 0.2) is 0 Å². The van der Waals surface area contributed by atoms with Gasteiger partial charge in [0.1, 0.15) is 6.54 Å². The van der Waals surface area contributed by atoms with Crippen LogP contribution in [0, 0.1) is 10.1 Å². The molecule has 1 aromatic heterocycles. The number of carbonyl (C=O) groups excluding carboxylic acids is 1. The molecule has 0 aliphatic carbocycles. The van der Waals surface area contributed by atoms with Gasteiger partial charge in [0, 0.05) is 19.3 Å². The Hall–Kier alpha value is -2.22. The van der Waals surface area contributed by atoms with Crippen molar-refractivity contribution in [3.63, 3.8) is 0 Å². The molecule has 0 radical (unpaired) electrons. The first kappa shape index (κ1) is 12.8. The van der Waals surface area contributed by atoms with Crippen LogP contribution in [0.25, 0.3) is 0 Å². The van der Waals surface area contributed by atoms with Crippen LogP contribution in [-0.4, -0.2) is 34.6 Å². The minimum Gasteiger partial charge on any atom is -0.300 e. The van der Waals surface area contributed by atoms with E-state index in [0.29, 0.717) is 0 Å². The van der Waals surface area contributed by atoms with E-state index in [-0.39, 0.29) is 6.54 Å². The van der Waals surface area contributed by atoms with Crippen molar-refractivity contribution in [1.29, 1.82) is 0 Å². The van der Waals surface area contributed by atoms with Crippen LogP contribution in [0.4, 0.5) is 5.69 Å². The Morgan fingerprint density at radius 2 is 2.29 bits per heavy atom. The Kier molecular flexibility index (Phi) is 3.94. The molecule has 0 saturated heterocycles. The number of hydroxylamine groups is 2. The molecule has 8 heteroatoms. The van der Waals surface area contributed by atoms with Crippen molar-refractivity contribution in [2.75, 3.05) is 14.2 Å². The molecule has 0 aromatic carbocycles. The highest BCUT2D eigenvalue weighted by Gasteiger charge is 2.16. The molecule has 0 atom stereocenters. The van der Waals surface area contributed by atoms with Gasteiger partial charge in [-0.05, 0) is 6.07 Å². The molecule has 8 nitrogen and oxygen atoms in total. The third-order valence-electron chi connectivity index (χ3n) is 2.13. The Morgan fingerprint density at radius 3 is 2.82 bits per heavy atom. The lowest BCUT2D eigenvalue weighted by molar-refractivity contribution is -0.386. The average Bonchev–Trinajstić information content (AvgIpc) is 2.30. The van der Waals surface area contributed by atoms with Gasteiger partial charge in [0.05, 0.1) is 12.0 Å². The third-order valence-corrected chi connectivity index (χ3v) is 2.13. The van der Waals surface area contributed by atoms with Crippen LogP contribution >= 0.6 is 0 Å². The highest BCUT2D eigenvalue weighted by molar-refractivity contribution is 5.74. The van der Waals surface area contributed by atoms with E-state index in [0.717, 1.165) is 15.7 Å². The molecule has 17 heavy (non-hydrogen) atoms. The zero-order valence-corrected chi connectivity index (χ0v) is 9.32. The van der Waals surface area contributed by atoms with Crippen LogP contribution in [0.2, 0.25) is 0 Å². The first-order valence-electron chi connectivity index (χ1n) is 4.62. The number of rotatable bonds is 4. The molecule has 92 valence electrons. The minimum atomic E-state index is -0.824. The number of hydrogen-bond acceptors (Lipinski definition) is 5. The van der Waals surface area contributed by atoms with Gasteiger partial charge < -0.3 is 4.57 Å². The van der Waals surface area contributed by atoms with Crippen molar-refractivity contribution in [3.05, 3.63) is 38.8 Å². The van der Waals surface area contributed by atoms with Gasteiger partial charge >= 0.3 is 11.2 Å². The molecule has 1 heterocycles. The zero-order valence-electron chi connectivity index (χ0n) is 9.32. The van der Waals surface area contributed by atoms with E-state index in [1.54, 1.807) is 0 Å². The summed E-state index contributed by atoms with van der Waals surface area (Å²) in [6.07, 6.45) is 1.30. The minimum absolute atomic E-state index is 0.315. The van der Waals surface area contributed by atoms with Gasteiger partial charge in [-0.15, -0.1) is 0 Å². The molecular formula is C9H11N3O5. The smallest absolute Gasteiger partial charge is 0.300 e. The molecule has 0 saturated carbocycles. The quantitative estimate of drug-likeness (QED) is 0.536. The summed E-state index contributed by atoms with van der Waals surface area (Å²) in [5.74, 6) is -0.491. The molecule has 0 aliphatic rings. The maximum Gasteiger partial charge on any atom is 0.334 e. The molecule has 0 unspecified atom stereocenters. The second kappa shape index (κ2) is 5.21. The molecule has 0 bridgehead atoms. The summed E-state index contributed by atoms with van der Waals surface area (Å²) >= 11 is 0. The van der Waals surface area contributed by atoms with Crippen molar-refractivity contribution >= 4 is 11.6 Å². The Balaban J connectivity index is 3.01. The molecule has 0 N–H and O–H groups in total. The van der Waals surface area contributed by atoms with Crippen LogP contribution in [0.15, 0.2) is 23.1 Å². The maximum atomic E-state index is 11.6. The third kappa shape index (κ3) is 2.88. The van der Waals surface area contributed by atoms with Crippen LogP contribution in [0.1, 0.15) is 0 Å². The summed E-state index contributed by atoms with van der Waals surface area (Å²) in [5, 5.41) is 11.5. The van der Waals surface area contributed by atoms with Crippen molar-refractivity contribution < 1.29 is 14.6 Å². The number of amides is 1. The number of likely N-dealkylation sites (N-methyl/N-ethyl adjacent to an activating group) is 1. The summed E-state index contributed by atoms with van der Waals surface area (Å²) in [6.45, 7) is -0.315. The van der Waals surface area contributed by atoms with Gasteiger partial charge in [-0.3, -0.25) is 24.5 Å². The van der Waals surface area contributed by atoms with Crippen LogP contribution in [-0.2, 0) is 16.2 Å². The van der Waals surface area contributed by atoms with Crippen LogP contribution in [0.5, 0.6) is 0 Å². The van der Waals surface area contributed by atoms with E-state index >= 15 is 0 Å². The Bertz CT molecular complexity index is 496. The number of pyridine rings is 1. The fourth-order valence-corrected chi connectivity index (χ4v) is 1.13. The largest absolute Gasteiger partial charge is 0.334 e. The summed E-state index contributed by atoms with van der Waals surface area (Å²) in [6, 6.07) is 2.42. The van der Waals surface area contributed by atoms with E-state index in [4.69, 9.17) is 0 Å². The summed E-state index contributed by atoms with van der Waals surface area (Å²) in [4.78, 5) is 37.4. The van der Waals surface area contributed by atoms with E-state index in [1.807, 2.05) is 0 Å². The highest BCUT2D eigenvalue weighted by atomic mass is 16.7. The monoisotopic (exact) mass is 241 g/mol. The van der Waals surface area contributed by atoms with Crippen molar-refractivity contribution in [3.8, 4) is 0 Å². The van der Waals surface area contributed by atoms with Crippen LogP contribution < -0.4 is 5.56 Å². The molecule has 0 fully saturated rings. The second-order valence-corrected chi connectivity index (χ2v) is 3.16. The summed E-state index contributed by atoms with van der Waals surface area (Å²) in [5.41, 5.74) is -1.39. The highest BCUT2D eigenvalue weighted by Crippen LogP contribution is 2.02. The molecular weight excluding hydrogens is 230 g/mol. The topological polar surface area (TPSA) is 94.7 Å². The van der Waals surface area contributed by atoms with E-state index < -0.39 is 22.1 Å². The maximum absolute atomic E-state index is 11.6. The Labute approximate surface area is 96.1 Å². The number of nitro groups is 1. The summed E-state index contributed by atoms with van der Waals surface area (Å²) < 4.78 is 0.954. The number of aromatic nitrogens is 1. The standard InChI is InChI=1S/C9H11N3O5/c1-10(17-2)8(13)6-11-5-3-4-7(9(11)14)12(15)16/h3-5H,6H2,1-2H3.